The largest absolute Gasteiger partial charge is 0.493 e. The molecule has 0 heterocycles. The summed E-state index contributed by atoms with van der Waals surface area (Å²) in [4.78, 5) is 25.4. The fraction of sp³-hybridized carbons (Fsp3) is 0.500. The zero-order chi connectivity index (χ0) is 33.1. The highest BCUT2D eigenvalue weighted by atomic mass is 16.6. The van der Waals surface area contributed by atoms with Gasteiger partial charge >= 0.3 is 11.9 Å². The maximum Gasteiger partial charge on any atom is 0.343 e. The lowest BCUT2D eigenvalue weighted by molar-refractivity contribution is -0.146. The van der Waals surface area contributed by atoms with Crippen molar-refractivity contribution in [2.45, 2.75) is 118 Å². The van der Waals surface area contributed by atoms with Gasteiger partial charge in [-0.25, -0.2) is 9.59 Å². The third kappa shape index (κ3) is 12.6. The fourth-order valence-electron chi connectivity index (χ4n) is 5.36. The van der Waals surface area contributed by atoms with Crippen LogP contribution in [0.4, 0.5) is 0 Å². The van der Waals surface area contributed by atoms with Gasteiger partial charge in [0.25, 0.3) is 0 Å². The van der Waals surface area contributed by atoms with Crippen molar-refractivity contribution in [1.29, 1.82) is 0 Å². The molecule has 0 radical (unpaired) electrons. The van der Waals surface area contributed by atoms with Crippen molar-refractivity contribution in [2.75, 3.05) is 13.2 Å². The monoisotopic (exact) mass is 630 g/mol. The average Bonchev–Trinajstić information content (AvgIpc) is 3.05. The number of benzene rings is 3. The number of hydrogen-bond acceptors (Lipinski definition) is 6. The van der Waals surface area contributed by atoms with Crippen LogP contribution in [0.2, 0.25) is 0 Å². The Morgan fingerprint density at radius 3 is 1.61 bits per heavy atom. The summed E-state index contributed by atoms with van der Waals surface area (Å²) >= 11 is 0. The van der Waals surface area contributed by atoms with E-state index in [9.17, 15) is 9.59 Å². The lowest BCUT2D eigenvalue weighted by Crippen LogP contribution is -2.26. The van der Waals surface area contributed by atoms with Gasteiger partial charge in [0.15, 0.2) is 6.10 Å². The van der Waals surface area contributed by atoms with E-state index in [0.717, 1.165) is 53.7 Å². The first-order valence-electron chi connectivity index (χ1n) is 17.3. The summed E-state index contributed by atoms with van der Waals surface area (Å²) in [6, 6.07) is 18.3. The quantitative estimate of drug-likeness (QED) is 0.0662. The number of ether oxygens (including phenoxy) is 4. The predicted molar refractivity (Wildman–Crippen MR) is 186 cm³/mol. The molecule has 0 aromatic heterocycles. The lowest BCUT2D eigenvalue weighted by atomic mass is 10.1. The molecule has 0 aliphatic heterocycles. The van der Waals surface area contributed by atoms with Gasteiger partial charge < -0.3 is 18.9 Å². The van der Waals surface area contributed by atoms with Crippen LogP contribution in [-0.2, 0) is 9.53 Å². The Morgan fingerprint density at radius 2 is 1.07 bits per heavy atom. The molecule has 0 saturated carbocycles. The smallest absolute Gasteiger partial charge is 0.343 e. The molecule has 3 aromatic carbocycles. The molecule has 0 bridgehead atoms. The molecule has 0 spiro atoms. The van der Waals surface area contributed by atoms with Gasteiger partial charge in [0.2, 0.25) is 0 Å². The lowest BCUT2D eigenvalue weighted by Gasteiger charge is -2.14. The molecule has 0 aliphatic rings. The number of unbranched alkanes of at least 4 members (excludes halogenated alkanes) is 10. The van der Waals surface area contributed by atoms with Gasteiger partial charge in [0.05, 0.1) is 12.2 Å². The molecule has 0 N–H and O–H groups in total. The topological polar surface area (TPSA) is 71.1 Å². The highest BCUT2D eigenvalue weighted by molar-refractivity contribution is 5.92. The Kier molecular flexibility index (Phi) is 16.4. The third-order valence-corrected chi connectivity index (χ3v) is 8.11. The van der Waals surface area contributed by atoms with Crippen LogP contribution in [0.3, 0.4) is 0 Å². The van der Waals surface area contributed by atoms with Gasteiger partial charge in [0.1, 0.15) is 17.2 Å². The summed E-state index contributed by atoms with van der Waals surface area (Å²) in [5.74, 6) is 0.981. The minimum Gasteiger partial charge on any atom is -0.493 e. The van der Waals surface area contributed by atoms with Gasteiger partial charge in [-0.3, -0.25) is 0 Å². The van der Waals surface area contributed by atoms with E-state index in [2.05, 4.69) is 13.8 Å². The molecule has 1 unspecified atom stereocenters. The van der Waals surface area contributed by atoms with Crippen LogP contribution in [0.15, 0.2) is 60.7 Å². The summed E-state index contributed by atoms with van der Waals surface area (Å²) in [5, 5.41) is 0. The molecule has 3 rings (SSSR count). The van der Waals surface area contributed by atoms with Gasteiger partial charge in [-0.2, -0.15) is 0 Å². The van der Waals surface area contributed by atoms with Crippen molar-refractivity contribution in [3.05, 3.63) is 77.4 Å². The molecule has 6 heteroatoms. The maximum atomic E-state index is 13.0. The highest BCUT2D eigenvalue weighted by Crippen LogP contribution is 2.28. The summed E-state index contributed by atoms with van der Waals surface area (Å²) in [5.41, 5.74) is 4.26. The van der Waals surface area contributed by atoms with Crippen molar-refractivity contribution in [2.24, 2.45) is 0 Å². The van der Waals surface area contributed by atoms with Crippen molar-refractivity contribution in [3.8, 4) is 28.4 Å². The van der Waals surface area contributed by atoms with E-state index in [0.29, 0.717) is 30.3 Å². The van der Waals surface area contributed by atoms with Crippen molar-refractivity contribution in [3.63, 3.8) is 0 Å². The molecule has 46 heavy (non-hydrogen) atoms. The van der Waals surface area contributed by atoms with Gasteiger partial charge in [-0.05, 0) is 92.3 Å². The Hall–Kier alpha value is -3.64. The van der Waals surface area contributed by atoms with E-state index < -0.39 is 18.0 Å². The summed E-state index contributed by atoms with van der Waals surface area (Å²) in [6.45, 7) is 11.3. The van der Waals surface area contributed by atoms with Gasteiger partial charge in [-0.1, -0.05) is 102 Å². The van der Waals surface area contributed by atoms with E-state index in [4.69, 9.17) is 18.9 Å². The van der Waals surface area contributed by atoms with Gasteiger partial charge in [0, 0.05) is 6.61 Å². The zero-order valence-corrected chi connectivity index (χ0v) is 28.7. The summed E-state index contributed by atoms with van der Waals surface area (Å²) in [7, 11) is 0. The van der Waals surface area contributed by atoms with Crippen LogP contribution in [0, 0.1) is 13.8 Å². The van der Waals surface area contributed by atoms with Crippen molar-refractivity contribution < 1.29 is 28.5 Å². The number of aryl methyl sites for hydroxylation is 2. The van der Waals surface area contributed by atoms with E-state index in [1.54, 1.807) is 31.2 Å². The summed E-state index contributed by atoms with van der Waals surface area (Å²) in [6.07, 6.45) is 13.9. The highest BCUT2D eigenvalue weighted by Gasteiger charge is 2.17. The SMILES string of the molecule is CCCCCCCCCCOc1c(C)cc(C(=O)Oc2ccc(-c3ccc(OC(=O)C(C)OCCCCCC)cc3)cc2)cc1C. The Balaban J connectivity index is 1.46. The number of hydrogen-bond donors (Lipinski definition) is 0. The molecular weight excluding hydrogens is 576 g/mol. The van der Waals surface area contributed by atoms with Crippen molar-refractivity contribution >= 4 is 11.9 Å². The van der Waals surface area contributed by atoms with Crippen LogP contribution in [0.5, 0.6) is 17.2 Å². The maximum absolute atomic E-state index is 13.0. The van der Waals surface area contributed by atoms with E-state index in [1.165, 1.54) is 51.4 Å². The first kappa shape index (κ1) is 36.8. The Labute approximate surface area is 276 Å². The molecule has 250 valence electrons. The summed E-state index contributed by atoms with van der Waals surface area (Å²) < 4.78 is 22.9. The molecule has 0 fully saturated rings. The number of carbonyl (C=O) groups excluding carboxylic acids is 2. The van der Waals surface area contributed by atoms with Gasteiger partial charge in [-0.15, -0.1) is 0 Å². The average molecular weight is 631 g/mol. The zero-order valence-electron chi connectivity index (χ0n) is 28.7. The molecule has 1 atom stereocenters. The van der Waals surface area contributed by atoms with Crippen LogP contribution in [-0.4, -0.2) is 31.3 Å². The molecule has 0 amide bonds. The predicted octanol–water partition coefficient (Wildman–Crippen LogP) is 10.6. The van der Waals surface area contributed by atoms with E-state index in [-0.39, 0.29) is 0 Å². The second-order valence-electron chi connectivity index (χ2n) is 12.2. The molecule has 6 nitrogen and oxygen atoms in total. The number of esters is 2. The first-order valence-corrected chi connectivity index (χ1v) is 17.3. The normalized spacial score (nSPS) is 11.7. The third-order valence-electron chi connectivity index (χ3n) is 8.11. The van der Waals surface area contributed by atoms with Crippen LogP contribution in [0.1, 0.15) is 119 Å². The minimum absolute atomic E-state index is 0.402. The second-order valence-corrected chi connectivity index (χ2v) is 12.2. The van der Waals surface area contributed by atoms with Crippen molar-refractivity contribution in [1.82, 2.24) is 0 Å². The number of rotatable bonds is 21. The molecule has 0 saturated heterocycles. The fourth-order valence-corrected chi connectivity index (χ4v) is 5.36. The van der Waals surface area contributed by atoms with Crippen LogP contribution < -0.4 is 14.2 Å². The van der Waals surface area contributed by atoms with E-state index in [1.807, 2.05) is 50.2 Å². The first-order chi connectivity index (χ1) is 22.3. The molecule has 0 aliphatic carbocycles. The van der Waals surface area contributed by atoms with Crippen LogP contribution >= 0.6 is 0 Å². The molecular formula is C40H54O6. The number of carbonyl (C=O) groups is 2. The standard InChI is InChI=1S/C40H54O6/c1-6-8-10-12-13-14-15-17-27-44-38-30(3)28-35(29-31(38)4)40(42)46-37-24-20-34(21-25-37)33-18-22-36(23-19-33)45-39(41)32(5)43-26-16-11-9-7-2/h18-25,28-29,32H,6-17,26-27H2,1-5H3. The molecule has 3 aromatic rings. The van der Waals surface area contributed by atoms with E-state index >= 15 is 0 Å². The Bertz CT molecular complexity index is 1310. The second kappa shape index (κ2) is 20.5. The Morgan fingerprint density at radius 1 is 0.609 bits per heavy atom. The minimum atomic E-state index is -0.611. The van der Waals surface area contributed by atoms with Crippen LogP contribution in [0.25, 0.3) is 11.1 Å².